The second-order valence-corrected chi connectivity index (χ2v) is 23.7. The van der Waals surface area contributed by atoms with Crippen molar-refractivity contribution in [1.82, 2.24) is 39.4 Å². The van der Waals surface area contributed by atoms with Crippen molar-refractivity contribution in [3.8, 4) is 17.2 Å². The van der Waals surface area contributed by atoms with E-state index in [-0.39, 0.29) is 51.3 Å². The van der Waals surface area contributed by atoms with Gasteiger partial charge in [-0.1, -0.05) is 50.2 Å². The van der Waals surface area contributed by atoms with Gasteiger partial charge in [0, 0.05) is 93.1 Å². The monoisotopic (exact) mass is 1070 g/mol. The summed E-state index contributed by atoms with van der Waals surface area (Å²) >= 11 is 0. The largest absolute Gasteiger partial charge is 0.497 e. The van der Waals surface area contributed by atoms with Gasteiger partial charge < -0.3 is 34.6 Å². The molecule has 20 heteroatoms. The number of sulfonamides is 1. The summed E-state index contributed by atoms with van der Waals surface area (Å²) in [6, 6.07) is 24.9. The molecular formula is C57H66FN11O7S. The zero-order chi connectivity index (χ0) is 53.8. The van der Waals surface area contributed by atoms with E-state index in [9.17, 15) is 23.3 Å². The number of ether oxygens (including phenoxy) is 2. The van der Waals surface area contributed by atoms with Gasteiger partial charge in [0.1, 0.15) is 44.8 Å². The van der Waals surface area contributed by atoms with Crippen LogP contribution in [-0.2, 0) is 16.6 Å². The lowest BCUT2D eigenvalue weighted by Gasteiger charge is -2.63. The second-order valence-electron chi connectivity index (χ2n) is 22.1. The van der Waals surface area contributed by atoms with Crippen LogP contribution in [0.3, 0.4) is 0 Å². The molecule has 4 N–H and O–H groups in total. The van der Waals surface area contributed by atoms with Crippen molar-refractivity contribution in [3.05, 3.63) is 136 Å². The summed E-state index contributed by atoms with van der Waals surface area (Å²) in [6.45, 7) is 15.8. The number of nitro groups is 1. The number of aromatic nitrogens is 4. The van der Waals surface area contributed by atoms with Gasteiger partial charge in [0.05, 0.1) is 41.3 Å². The van der Waals surface area contributed by atoms with E-state index in [1.54, 1.807) is 25.4 Å². The molecule has 7 aromatic rings. The molecule has 4 aliphatic rings. The number of carbonyl (C=O) groups is 1. The average Bonchev–Trinajstić information content (AvgIpc) is 4.15. The van der Waals surface area contributed by atoms with Crippen LogP contribution in [0.2, 0.25) is 0 Å². The van der Waals surface area contributed by atoms with E-state index in [4.69, 9.17) is 9.47 Å². The van der Waals surface area contributed by atoms with Crippen molar-refractivity contribution in [3.63, 3.8) is 0 Å². The number of anilines is 2. The van der Waals surface area contributed by atoms with Crippen molar-refractivity contribution in [2.75, 3.05) is 69.7 Å². The SMILES string of the molecule is COc1ccc(CN2CCN(C3CC4(C3)CN(c3cc(Oc5cnc6[nH]ccc6c5)c(C(=O)NS(=O)(=O)c5cc([N+](=O)[O-])c(NCC6CCN(C(C)C)CC6)c6[nH]cnc56)cc3F)C4)C(c3ccccc3C(C)C)C2)cc1. The number of fused-ring (bicyclic) bond motifs is 2. The van der Waals surface area contributed by atoms with E-state index < -0.39 is 42.8 Å². The number of nitrogens with zero attached hydrogens (tertiary/aromatic N) is 7. The molecule has 3 aliphatic heterocycles. The molecule has 4 aromatic carbocycles. The number of benzene rings is 4. The molecule has 1 spiro atoms. The number of piperazine rings is 1. The number of aromatic amines is 2. The zero-order valence-corrected chi connectivity index (χ0v) is 44.9. The van der Waals surface area contributed by atoms with Gasteiger partial charge in [0.2, 0.25) is 0 Å². The molecule has 1 unspecified atom stereocenters. The number of methoxy groups -OCH3 is 1. The van der Waals surface area contributed by atoms with Gasteiger partial charge in [0.15, 0.2) is 0 Å². The normalized spacial score (nSPS) is 18.8. The van der Waals surface area contributed by atoms with Gasteiger partial charge in [0.25, 0.3) is 21.6 Å². The third-order valence-electron chi connectivity index (χ3n) is 16.5. The Morgan fingerprint density at radius 1 is 0.948 bits per heavy atom. The standard InChI is InChI=1S/C57H66FN11O7S/c1-35(2)43-8-6-7-9-44(43)49-31-65(30-38-10-12-41(75-5)13-11-38)20-21-68(49)40-26-57(27-40)32-67(33-57)47-24-50(76-42-22-39-14-17-59-55(39)61-29-42)45(23-46(47)58)56(70)64-77(73,74)51-25-48(69(71)72)52(54-53(51)62-34-63-54)60-28-37-15-18-66(19-16-37)36(3)4/h6-14,17,22-25,29,34-37,40,49,60H,15-16,18-21,26-28,30-33H2,1-5H3,(H,59,61)(H,62,63)(H,64,70). The van der Waals surface area contributed by atoms with Crippen molar-refractivity contribution < 1.29 is 32.0 Å². The summed E-state index contributed by atoms with van der Waals surface area (Å²) in [5.74, 6) is -0.377. The Bertz CT molecular complexity index is 3440. The molecule has 1 amide bonds. The highest BCUT2D eigenvalue weighted by atomic mass is 32.2. The summed E-state index contributed by atoms with van der Waals surface area (Å²) in [5, 5.41) is 16.5. The summed E-state index contributed by atoms with van der Waals surface area (Å²) in [6.07, 6.45) is 8.12. The molecular weight excluding hydrogens is 1000 g/mol. The Morgan fingerprint density at radius 3 is 2.44 bits per heavy atom. The molecule has 1 atom stereocenters. The van der Waals surface area contributed by atoms with Gasteiger partial charge >= 0.3 is 0 Å². The Labute approximate surface area is 447 Å². The Balaban J connectivity index is 0.823. The first-order chi connectivity index (χ1) is 37.0. The quantitative estimate of drug-likeness (QED) is 0.0495. The van der Waals surface area contributed by atoms with E-state index in [1.165, 1.54) is 35.3 Å². The number of carbonyl (C=O) groups excluding carboxylic acids is 1. The highest BCUT2D eigenvalue weighted by Gasteiger charge is 2.55. The number of nitro benzene ring substituents is 1. The fourth-order valence-corrected chi connectivity index (χ4v) is 13.4. The first-order valence-electron chi connectivity index (χ1n) is 26.6. The minimum Gasteiger partial charge on any atom is -0.497 e. The summed E-state index contributed by atoms with van der Waals surface area (Å²) in [7, 11) is -3.20. The van der Waals surface area contributed by atoms with Gasteiger partial charge in [-0.15, -0.1) is 0 Å². The van der Waals surface area contributed by atoms with Crippen LogP contribution in [0, 0.1) is 27.3 Å². The second kappa shape index (κ2) is 21.0. The highest BCUT2D eigenvalue weighted by Crippen LogP contribution is 2.54. The molecule has 3 aromatic heterocycles. The lowest BCUT2D eigenvalue weighted by Crippen LogP contribution is -2.68. The predicted octanol–water partition coefficient (Wildman–Crippen LogP) is 9.59. The fourth-order valence-electron chi connectivity index (χ4n) is 12.3. The number of imidazole rings is 1. The number of rotatable bonds is 17. The minimum atomic E-state index is -4.88. The molecule has 77 heavy (non-hydrogen) atoms. The number of nitrogens with one attached hydrogen (secondary N) is 4. The molecule has 404 valence electrons. The minimum absolute atomic E-state index is 0.0373. The van der Waals surface area contributed by atoms with Crippen molar-refractivity contribution >= 4 is 55.1 Å². The molecule has 1 saturated carbocycles. The number of H-pyrrole nitrogens is 2. The lowest BCUT2D eigenvalue weighted by molar-refractivity contribution is -0.384. The van der Waals surface area contributed by atoms with Gasteiger partial charge in [-0.2, -0.15) is 0 Å². The van der Waals surface area contributed by atoms with Gasteiger partial charge in [-0.3, -0.25) is 24.7 Å². The summed E-state index contributed by atoms with van der Waals surface area (Å²) in [5.41, 5.74) is 3.91. The number of halogens is 1. The maximum Gasteiger partial charge on any atom is 0.296 e. The van der Waals surface area contributed by atoms with E-state index in [2.05, 4.69) is 109 Å². The molecule has 4 fully saturated rings. The molecule has 1 aliphatic carbocycles. The van der Waals surface area contributed by atoms with Gasteiger partial charge in [-0.25, -0.2) is 27.5 Å². The van der Waals surface area contributed by atoms with E-state index >= 15 is 4.39 Å². The van der Waals surface area contributed by atoms with Crippen LogP contribution >= 0.6 is 0 Å². The van der Waals surface area contributed by atoms with Crippen molar-refractivity contribution in [2.45, 2.75) is 88.9 Å². The van der Waals surface area contributed by atoms with Crippen LogP contribution in [0.1, 0.15) is 92.4 Å². The molecule has 18 nitrogen and oxygen atoms in total. The summed E-state index contributed by atoms with van der Waals surface area (Å²) in [4.78, 5) is 49.8. The molecule has 3 saturated heterocycles. The smallest absolute Gasteiger partial charge is 0.296 e. The highest BCUT2D eigenvalue weighted by molar-refractivity contribution is 7.90. The number of piperidine rings is 1. The van der Waals surface area contributed by atoms with E-state index in [0.29, 0.717) is 43.3 Å². The molecule has 6 heterocycles. The lowest BCUT2D eigenvalue weighted by atomic mass is 9.59. The third kappa shape index (κ3) is 10.4. The Hall–Kier alpha value is -7.13. The van der Waals surface area contributed by atoms with Crippen LogP contribution in [0.15, 0.2) is 102 Å². The van der Waals surface area contributed by atoms with Crippen LogP contribution in [-0.4, -0.2) is 125 Å². The molecule has 11 rings (SSSR count). The zero-order valence-electron chi connectivity index (χ0n) is 44.1. The number of likely N-dealkylation sites (tertiary alicyclic amines) is 1. The Morgan fingerprint density at radius 2 is 1.71 bits per heavy atom. The number of pyridine rings is 1. The van der Waals surface area contributed by atoms with Crippen LogP contribution in [0.4, 0.5) is 21.5 Å². The topological polar surface area (TPSA) is 207 Å². The van der Waals surface area contributed by atoms with E-state index in [0.717, 1.165) is 88.2 Å². The molecule has 0 bridgehead atoms. The summed E-state index contributed by atoms with van der Waals surface area (Å²) < 4.78 is 59.1. The van der Waals surface area contributed by atoms with Gasteiger partial charge in [-0.05, 0) is 111 Å². The van der Waals surface area contributed by atoms with Crippen LogP contribution in [0.25, 0.3) is 22.1 Å². The number of amides is 1. The maximum absolute atomic E-state index is 16.7. The average molecular weight is 1070 g/mol. The number of hydrogen-bond acceptors (Lipinski definition) is 14. The first-order valence-corrected chi connectivity index (χ1v) is 28.1. The van der Waals surface area contributed by atoms with E-state index in [1.807, 2.05) is 17.0 Å². The first kappa shape index (κ1) is 51.9. The maximum atomic E-state index is 16.7. The predicted molar refractivity (Wildman–Crippen MR) is 294 cm³/mol. The van der Waals surface area contributed by atoms with Crippen LogP contribution in [0.5, 0.6) is 17.2 Å². The van der Waals surface area contributed by atoms with Crippen LogP contribution < -0.4 is 24.4 Å². The molecule has 0 radical (unpaired) electrons. The number of hydrogen-bond donors (Lipinski definition) is 4. The van der Waals surface area contributed by atoms with Crippen molar-refractivity contribution in [2.24, 2.45) is 11.3 Å². The fraction of sp³-hybridized carbons (Fsp3) is 0.421. The Kier molecular flexibility index (Phi) is 14.2. The third-order valence-corrected chi connectivity index (χ3v) is 17.8. The van der Waals surface area contributed by atoms with Crippen molar-refractivity contribution in [1.29, 1.82) is 0 Å².